The van der Waals surface area contributed by atoms with Crippen molar-refractivity contribution >= 4 is 5.82 Å². The van der Waals surface area contributed by atoms with Gasteiger partial charge in [0.05, 0.1) is 0 Å². The first-order valence-corrected chi connectivity index (χ1v) is 6.87. The van der Waals surface area contributed by atoms with Gasteiger partial charge >= 0.3 is 0 Å². The SMILES string of the molecule is CCCN(CC1CCNCC1)c1ncccc1F. The Morgan fingerprint density at radius 2 is 2.22 bits per heavy atom. The Kier molecular flexibility index (Phi) is 4.93. The zero-order valence-corrected chi connectivity index (χ0v) is 11.0. The maximum absolute atomic E-state index is 13.8. The quantitative estimate of drug-likeness (QED) is 0.871. The molecule has 0 aromatic carbocycles. The summed E-state index contributed by atoms with van der Waals surface area (Å²) in [6.45, 7) is 6.07. The van der Waals surface area contributed by atoms with E-state index >= 15 is 0 Å². The van der Waals surface area contributed by atoms with Crippen molar-refractivity contribution in [2.75, 3.05) is 31.1 Å². The number of halogens is 1. The molecule has 0 amide bonds. The molecule has 18 heavy (non-hydrogen) atoms. The maximum atomic E-state index is 13.8. The number of hydrogen-bond acceptors (Lipinski definition) is 3. The fourth-order valence-electron chi connectivity index (χ4n) is 2.54. The molecule has 1 fully saturated rings. The normalized spacial score (nSPS) is 16.8. The van der Waals surface area contributed by atoms with Crippen LogP contribution in [0.5, 0.6) is 0 Å². The Morgan fingerprint density at radius 1 is 1.44 bits per heavy atom. The van der Waals surface area contributed by atoms with Crippen molar-refractivity contribution in [1.82, 2.24) is 10.3 Å². The van der Waals surface area contributed by atoms with Gasteiger partial charge in [0, 0.05) is 19.3 Å². The Balaban J connectivity index is 2.05. The van der Waals surface area contributed by atoms with Crippen LogP contribution in [-0.4, -0.2) is 31.2 Å². The summed E-state index contributed by atoms with van der Waals surface area (Å²) in [5, 5.41) is 3.36. The van der Waals surface area contributed by atoms with Crippen LogP contribution in [0.3, 0.4) is 0 Å². The lowest BCUT2D eigenvalue weighted by molar-refractivity contribution is 0.371. The highest BCUT2D eigenvalue weighted by Gasteiger charge is 2.19. The summed E-state index contributed by atoms with van der Waals surface area (Å²) in [6.07, 6.45) is 5.04. The van der Waals surface area contributed by atoms with Crippen LogP contribution in [0.1, 0.15) is 26.2 Å². The van der Waals surface area contributed by atoms with E-state index in [0.29, 0.717) is 11.7 Å². The largest absolute Gasteiger partial charge is 0.354 e. The molecule has 1 aliphatic heterocycles. The maximum Gasteiger partial charge on any atom is 0.165 e. The second-order valence-corrected chi connectivity index (χ2v) is 4.95. The number of hydrogen-bond donors (Lipinski definition) is 1. The summed E-state index contributed by atoms with van der Waals surface area (Å²) in [7, 11) is 0. The summed E-state index contributed by atoms with van der Waals surface area (Å²) in [4.78, 5) is 6.30. The number of anilines is 1. The molecule has 0 aliphatic carbocycles. The molecule has 1 aliphatic rings. The summed E-state index contributed by atoms with van der Waals surface area (Å²) >= 11 is 0. The molecule has 1 N–H and O–H groups in total. The van der Waals surface area contributed by atoms with E-state index in [4.69, 9.17) is 0 Å². The molecule has 4 heteroatoms. The van der Waals surface area contributed by atoms with Crippen molar-refractivity contribution in [3.8, 4) is 0 Å². The van der Waals surface area contributed by atoms with Gasteiger partial charge in [0.25, 0.3) is 0 Å². The summed E-state index contributed by atoms with van der Waals surface area (Å²) < 4.78 is 13.8. The lowest BCUT2D eigenvalue weighted by atomic mass is 9.97. The third kappa shape index (κ3) is 3.42. The highest BCUT2D eigenvalue weighted by molar-refractivity contribution is 5.39. The van der Waals surface area contributed by atoms with Gasteiger partial charge in [-0.25, -0.2) is 9.37 Å². The number of piperidine rings is 1. The van der Waals surface area contributed by atoms with E-state index in [1.807, 2.05) is 0 Å². The molecular formula is C14H22FN3. The second kappa shape index (κ2) is 6.69. The summed E-state index contributed by atoms with van der Waals surface area (Å²) in [5.41, 5.74) is 0. The van der Waals surface area contributed by atoms with Crippen LogP contribution in [0.4, 0.5) is 10.2 Å². The van der Waals surface area contributed by atoms with Gasteiger partial charge in [-0.15, -0.1) is 0 Å². The topological polar surface area (TPSA) is 28.2 Å². The van der Waals surface area contributed by atoms with Crippen LogP contribution in [0.25, 0.3) is 0 Å². The lowest BCUT2D eigenvalue weighted by Crippen LogP contribution is -2.37. The molecular weight excluding hydrogens is 229 g/mol. The van der Waals surface area contributed by atoms with Crippen molar-refractivity contribution in [2.24, 2.45) is 5.92 Å². The third-order valence-electron chi connectivity index (χ3n) is 3.47. The number of pyridine rings is 1. The molecule has 0 spiro atoms. The molecule has 100 valence electrons. The molecule has 0 bridgehead atoms. The van der Waals surface area contributed by atoms with Crippen LogP contribution >= 0.6 is 0 Å². The average Bonchev–Trinajstić information content (AvgIpc) is 2.40. The first kappa shape index (κ1) is 13.3. The van der Waals surface area contributed by atoms with Gasteiger partial charge in [-0.1, -0.05) is 6.92 Å². The minimum atomic E-state index is -0.208. The molecule has 2 rings (SSSR count). The van der Waals surface area contributed by atoms with E-state index in [1.54, 1.807) is 12.3 Å². The summed E-state index contributed by atoms with van der Waals surface area (Å²) in [6, 6.07) is 3.14. The van der Waals surface area contributed by atoms with Crippen molar-refractivity contribution in [3.63, 3.8) is 0 Å². The van der Waals surface area contributed by atoms with E-state index in [-0.39, 0.29) is 5.82 Å². The van der Waals surface area contributed by atoms with Crippen LogP contribution in [0, 0.1) is 11.7 Å². The van der Waals surface area contributed by atoms with E-state index in [0.717, 1.165) is 32.6 Å². The minimum Gasteiger partial charge on any atom is -0.354 e. The van der Waals surface area contributed by atoms with E-state index in [9.17, 15) is 4.39 Å². The zero-order chi connectivity index (χ0) is 12.8. The molecule has 0 unspecified atom stereocenters. The molecule has 0 radical (unpaired) electrons. The monoisotopic (exact) mass is 251 g/mol. The Hall–Kier alpha value is -1.16. The van der Waals surface area contributed by atoms with Crippen molar-refractivity contribution in [3.05, 3.63) is 24.1 Å². The fourth-order valence-corrected chi connectivity index (χ4v) is 2.54. The molecule has 0 atom stereocenters. The van der Waals surface area contributed by atoms with E-state index < -0.39 is 0 Å². The minimum absolute atomic E-state index is 0.208. The third-order valence-corrected chi connectivity index (χ3v) is 3.47. The van der Waals surface area contributed by atoms with Crippen molar-refractivity contribution in [1.29, 1.82) is 0 Å². The van der Waals surface area contributed by atoms with Gasteiger partial charge in [0.1, 0.15) is 0 Å². The van der Waals surface area contributed by atoms with Crippen molar-refractivity contribution in [2.45, 2.75) is 26.2 Å². The van der Waals surface area contributed by atoms with Gasteiger partial charge in [-0.05, 0) is 50.4 Å². The second-order valence-electron chi connectivity index (χ2n) is 4.95. The van der Waals surface area contributed by atoms with Gasteiger partial charge in [0.2, 0.25) is 0 Å². The number of rotatable bonds is 5. The van der Waals surface area contributed by atoms with Gasteiger partial charge in [-0.3, -0.25) is 0 Å². The highest BCUT2D eigenvalue weighted by Crippen LogP contribution is 2.20. The number of nitrogens with zero attached hydrogens (tertiary/aromatic N) is 2. The van der Waals surface area contributed by atoms with Gasteiger partial charge in [0.15, 0.2) is 11.6 Å². The Morgan fingerprint density at radius 3 is 2.89 bits per heavy atom. The fraction of sp³-hybridized carbons (Fsp3) is 0.643. The molecule has 1 saturated heterocycles. The zero-order valence-electron chi connectivity index (χ0n) is 11.0. The smallest absolute Gasteiger partial charge is 0.165 e. The summed E-state index contributed by atoms with van der Waals surface area (Å²) in [5.74, 6) is 0.956. The van der Waals surface area contributed by atoms with Gasteiger partial charge in [-0.2, -0.15) is 0 Å². The van der Waals surface area contributed by atoms with E-state index in [2.05, 4.69) is 22.1 Å². The lowest BCUT2D eigenvalue weighted by Gasteiger charge is -2.30. The van der Waals surface area contributed by atoms with Crippen LogP contribution in [-0.2, 0) is 0 Å². The molecule has 1 aromatic rings. The van der Waals surface area contributed by atoms with Crippen LogP contribution in [0.2, 0.25) is 0 Å². The average molecular weight is 251 g/mol. The molecule has 2 heterocycles. The van der Waals surface area contributed by atoms with Crippen LogP contribution < -0.4 is 10.2 Å². The first-order chi connectivity index (χ1) is 8.81. The molecule has 0 saturated carbocycles. The predicted octanol–water partition coefficient (Wildman–Crippen LogP) is 2.44. The Bertz CT molecular complexity index is 364. The van der Waals surface area contributed by atoms with Crippen LogP contribution in [0.15, 0.2) is 18.3 Å². The first-order valence-electron chi connectivity index (χ1n) is 6.87. The van der Waals surface area contributed by atoms with Crippen molar-refractivity contribution < 1.29 is 4.39 Å². The number of nitrogens with one attached hydrogen (secondary N) is 1. The predicted molar refractivity (Wildman–Crippen MR) is 72.3 cm³/mol. The highest BCUT2D eigenvalue weighted by atomic mass is 19.1. The molecule has 1 aromatic heterocycles. The van der Waals surface area contributed by atoms with Gasteiger partial charge < -0.3 is 10.2 Å². The standard InChI is InChI=1S/C14H22FN3/c1-2-10-18(11-12-5-8-16-9-6-12)14-13(15)4-3-7-17-14/h3-4,7,12,16H,2,5-6,8-11H2,1H3. The molecule has 3 nitrogen and oxygen atoms in total. The van der Waals surface area contributed by atoms with E-state index in [1.165, 1.54) is 18.9 Å². The number of aromatic nitrogens is 1. The Labute approximate surface area is 108 Å².